The zero-order valence-corrected chi connectivity index (χ0v) is 9.25. The highest BCUT2D eigenvalue weighted by molar-refractivity contribution is 8.00. The van der Waals surface area contributed by atoms with Gasteiger partial charge in [0.2, 0.25) is 5.95 Å². The van der Waals surface area contributed by atoms with E-state index in [0.717, 1.165) is 0 Å². The molecule has 0 saturated carbocycles. The van der Waals surface area contributed by atoms with Crippen LogP contribution in [0.3, 0.4) is 0 Å². The average Bonchev–Trinajstić information content (AvgIpc) is 2.46. The second-order valence-corrected chi connectivity index (χ2v) is 4.50. The number of aromatic nitrogens is 3. The fourth-order valence-electron chi connectivity index (χ4n) is 1.04. The zero-order valence-electron chi connectivity index (χ0n) is 8.43. The van der Waals surface area contributed by atoms with Crippen molar-refractivity contribution in [1.29, 1.82) is 5.26 Å². The molecule has 1 atom stereocenters. The summed E-state index contributed by atoms with van der Waals surface area (Å²) >= 11 is 1.37. The Labute approximate surface area is 87.3 Å². The van der Waals surface area contributed by atoms with Gasteiger partial charge in [0.15, 0.2) is 5.16 Å². The van der Waals surface area contributed by atoms with Crippen LogP contribution in [0.4, 0.5) is 5.95 Å². The van der Waals surface area contributed by atoms with Gasteiger partial charge in [-0.15, -0.1) is 10.2 Å². The van der Waals surface area contributed by atoms with Gasteiger partial charge in [-0.3, -0.25) is 4.57 Å². The summed E-state index contributed by atoms with van der Waals surface area (Å²) in [6.45, 7) is 5.82. The van der Waals surface area contributed by atoms with Crippen molar-refractivity contribution in [2.75, 3.05) is 5.73 Å². The third kappa shape index (κ3) is 2.17. The van der Waals surface area contributed by atoms with E-state index in [1.165, 1.54) is 11.8 Å². The Bertz CT molecular complexity index is 351. The molecule has 0 aliphatic rings. The number of hydrogen-bond donors (Lipinski definition) is 1. The van der Waals surface area contributed by atoms with Crippen LogP contribution in [0.5, 0.6) is 0 Å². The van der Waals surface area contributed by atoms with E-state index in [0.29, 0.717) is 11.1 Å². The summed E-state index contributed by atoms with van der Waals surface area (Å²) in [6, 6.07) is 2.34. The predicted molar refractivity (Wildman–Crippen MR) is 55.8 cm³/mol. The largest absolute Gasteiger partial charge is 0.368 e. The molecular formula is C8H13N5S. The van der Waals surface area contributed by atoms with Gasteiger partial charge in [-0.2, -0.15) is 5.26 Å². The van der Waals surface area contributed by atoms with Crippen molar-refractivity contribution in [2.45, 2.75) is 37.2 Å². The van der Waals surface area contributed by atoms with E-state index in [2.05, 4.69) is 16.3 Å². The van der Waals surface area contributed by atoms with Gasteiger partial charge < -0.3 is 5.73 Å². The molecule has 1 rings (SSSR count). The van der Waals surface area contributed by atoms with Gasteiger partial charge in [0.1, 0.15) is 0 Å². The maximum absolute atomic E-state index is 8.67. The van der Waals surface area contributed by atoms with Crippen LogP contribution in [0.15, 0.2) is 5.16 Å². The molecule has 6 heteroatoms. The minimum atomic E-state index is -0.143. The van der Waals surface area contributed by atoms with Crippen LogP contribution in [0.25, 0.3) is 0 Å². The van der Waals surface area contributed by atoms with Crippen LogP contribution in [-0.2, 0) is 0 Å². The fourth-order valence-corrected chi connectivity index (χ4v) is 1.91. The Morgan fingerprint density at radius 3 is 2.57 bits per heavy atom. The van der Waals surface area contributed by atoms with Crippen LogP contribution in [-0.4, -0.2) is 20.0 Å². The van der Waals surface area contributed by atoms with E-state index in [9.17, 15) is 0 Å². The molecule has 0 radical (unpaired) electrons. The van der Waals surface area contributed by atoms with Crippen molar-refractivity contribution in [1.82, 2.24) is 14.8 Å². The van der Waals surface area contributed by atoms with Crippen molar-refractivity contribution >= 4 is 17.7 Å². The van der Waals surface area contributed by atoms with Crippen LogP contribution in [0, 0.1) is 11.3 Å². The minimum Gasteiger partial charge on any atom is -0.368 e. The third-order valence-electron chi connectivity index (χ3n) is 1.67. The van der Waals surface area contributed by atoms with E-state index in [-0.39, 0.29) is 11.3 Å². The van der Waals surface area contributed by atoms with Gasteiger partial charge in [-0.1, -0.05) is 11.8 Å². The van der Waals surface area contributed by atoms with Crippen molar-refractivity contribution in [3.63, 3.8) is 0 Å². The summed E-state index contributed by atoms with van der Waals surface area (Å²) in [5.41, 5.74) is 5.65. The maximum atomic E-state index is 8.67. The van der Waals surface area contributed by atoms with Crippen LogP contribution in [0.1, 0.15) is 26.8 Å². The van der Waals surface area contributed by atoms with E-state index in [1.54, 1.807) is 0 Å². The first kappa shape index (κ1) is 10.9. The molecule has 0 amide bonds. The van der Waals surface area contributed by atoms with Gasteiger partial charge in [-0.05, 0) is 20.8 Å². The molecule has 76 valence electrons. The Hall–Kier alpha value is -1.22. The standard InChI is InChI=1S/C8H13N5S/c1-5(2)13-7(10)11-12-8(13)14-6(3)4-9/h5-6H,1-3H3,(H2,10,11). The second kappa shape index (κ2) is 4.33. The third-order valence-corrected chi connectivity index (χ3v) is 2.62. The average molecular weight is 211 g/mol. The fraction of sp³-hybridized carbons (Fsp3) is 0.625. The smallest absolute Gasteiger partial charge is 0.222 e. The number of nitrogens with zero attached hydrogens (tertiary/aromatic N) is 4. The normalized spacial score (nSPS) is 12.8. The number of hydrogen-bond acceptors (Lipinski definition) is 5. The van der Waals surface area contributed by atoms with E-state index in [1.807, 2.05) is 25.3 Å². The van der Waals surface area contributed by atoms with Gasteiger partial charge in [0.05, 0.1) is 11.3 Å². The van der Waals surface area contributed by atoms with Crippen LogP contribution < -0.4 is 5.73 Å². The molecule has 0 fully saturated rings. The Kier molecular flexibility index (Phi) is 3.36. The summed E-state index contributed by atoms with van der Waals surface area (Å²) < 4.78 is 1.82. The number of nitrogen functional groups attached to an aromatic ring is 1. The lowest BCUT2D eigenvalue weighted by atomic mass is 10.4. The topological polar surface area (TPSA) is 80.5 Å². The number of rotatable bonds is 3. The van der Waals surface area contributed by atoms with Crippen LogP contribution >= 0.6 is 11.8 Å². The van der Waals surface area contributed by atoms with Gasteiger partial charge >= 0.3 is 0 Å². The first-order valence-corrected chi connectivity index (χ1v) is 5.21. The minimum absolute atomic E-state index is 0.143. The molecule has 0 saturated heterocycles. The monoisotopic (exact) mass is 211 g/mol. The number of thioether (sulfide) groups is 1. The highest BCUT2D eigenvalue weighted by Gasteiger charge is 2.15. The molecule has 2 N–H and O–H groups in total. The highest BCUT2D eigenvalue weighted by atomic mass is 32.2. The Morgan fingerprint density at radius 1 is 1.43 bits per heavy atom. The van der Waals surface area contributed by atoms with Gasteiger partial charge in [0.25, 0.3) is 0 Å². The molecule has 5 nitrogen and oxygen atoms in total. The van der Waals surface area contributed by atoms with Crippen molar-refractivity contribution in [3.8, 4) is 6.07 Å². The Morgan fingerprint density at radius 2 is 2.07 bits per heavy atom. The predicted octanol–water partition coefficient (Wildman–Crippen LogP) is 1.45. The molecule has 0 aromatic carbocycles. The quantitative estimate of drug-likeness (QED) is 0.765. The van der Waals surface area contributed by atoms with Gasteiger partial charge in [-0.25, -0.2) is 0 Å². The van der Waals surface area contributed by atoms with Crippen molar-refractivity contribution < 1.29 is 0 Å². The van der Waals surface area contributed by atoms with Crippen molar-refractivity contribution in [3.05, 3.63) is 0 Å². The SMILES string of the molecule is CC(C#N)Sc1nnc(N)n1C(C)C. The van der Waals surface area contributed by atoms with E-state index in [4.69, 9.17) is 11.0 Å². The maximum Gasteiger partial charge on any atom is 0.222 e. The molecule has 1 aromatic heterocycles. The lowest BCUT2D eigenvalue weighted by Crippen LogP contribution is -2.08. The summed E-state index contributed by atoms with van der Waals surface area (Å²) in [7, 11) is 0. The molecule has 1 aromatic rings. The molecule has 1 heterocycles. The molecule has 1 unspecified atom stereocenters. The number of anilines is 1. The highest BCUT2D eigenvalue weighted by Crippen LogP contribution is 2.25. The van der Waals surface area contributed by atoms with Crippen LogP contribution in [0.2, 0.25) is 0 Å². The lowest BCUT2D eigenvalue weighted by Gasteiger charge is -2.11. The molecule has 0 aliphatic carbocycles. The van der Waals surface area contributed by atoms with Gasteiger partial charge in [0, 0.05) is 6.04 Å². The summed E-state index contributed by atoms with van der Waals surface area (Å²) in [5.74, 6) is 0.396. The summed E-state index contributed by atoms with van der Waals surface area (Å²) in [4.78, 5) is 0. The summed E-state index contributed by atoms with van der Waals surface area (Å²) in [6.07, 6.45) is 0. The lowest BCUT2D eigenvalue weighted by molar-refractivity contribution is 0.557. The molecule has 14 heavy (non-hydrogen) atoms. The Balaban J connectivity index is 2.93. The van der Waals surface area contributed by atoms with E-state index < -0.39 is 0 Å². The summed E-state index contributed by atoms with van der Waals surface area (Å²) in [5, 5.41) is 16.9. The number of nitriles is 1. The molecule has 0 spiro atoms. The molecular weight excluding hydrogens is 198 g/mol. The first-order valence-electron chi connectivity index (χ1n) is 4.33. The second-order valence-electron chi connectivity index (χ2n) is 3.19. The number of nitrogens with two attached hydrogens (primary N) is 1. The zero-order chi connectivity index (χ0) is 10.7. The van der Waals surface area contributed by atoms with E-state index >= 15 is 0 Å². The first-order chi connectivity index (χ1) is 6.56. The van der Waals surface area contributed by atoms with Crippen molar-refractivity contribution in [2.24, 2.45) is 0 Å². The molecule has 0 bridgehead atoms. The molecule has 0 aliphatic heterocycles.